The minimum absolute atomic E-state index is 0.276. The van der Waals surface area contributed by atoms with Crippen LogP contribution in [0.4, 0.5) is 5.69 Å². The Balaban J connectivity index is 1.93. The molecule has 0 bridgehead atoms. The molecule has 1 atom stereocenters. The van der Waals surface area contributed by atoms with E-state index in [1.165, 1.54) is 0 Å². The van der Waals surface area contributed by atoms with Crippen LogP contribution in [0.5, 0.6) is 5.75 Å². The smallest absolute Gasteiger partial charge is 0.338 e. The second-order valence-corrected chi connectivity index (χ2v) is 5.92. The van der Waals surface area contributed by atoms with Crippen LogP contribution in [-0.2, 0) is 9.53 Å². The predicted molar refractivity (Wildman–Crippen MR) is 95.3 cm³/mol. The number of nitrogens with one attached hydrogen (secondary N) is 1. The topological polar surface area (TPSA) is 64.6 Å². The van der Waals surface area contributed by atoms with Gasteiger partial charge in [0.15, 0.2) is 6.10 Å². The number of carbonyl (C=O) groups is 2. The first-order valence-corrected chi connectivity index (χ1v) is 8.29. The molecule has 0 aliphatic rings. The molecule has 1 N–H and O–H groups in total. The summed E-state index contributed by atoms with van der Waals surface area (Å²) in [6.07, 6.45) is -0.657. The maximum atomic E-state index is 12.2. The van der Waals surface area contributed by atoms with Gasteiger partial charge in [-0.25, -0.2) is 4.79 Å². The molecule has 0 aliphatic carbocycles. The van der Waals surface area contributed by atoms with Crippen molar-refractivity contribution < 1.29 is 19.1 Å². The fourth-order valence-electron chi connectivity index (χ4n) is 1.92. The molecule has 0 aliphatic heterocycles. The summed E-state index contributed by atoms with van der Waals surface area (Å²) in [4.78, 5) is 23.7. The molecule has 0 saturated carbocycles. The van der Waals surface area contributed by atoms with Gasteiger partial charge in [-0.05, 0) is 62.4 Å². The molecule has 0 aromatic heterocycles. The molecule has 6 heteroatoms. The maximum absolute atomic E-state index is 12.2. The quantitative estimate of drug-likeness (QED) is 0.754. The number of amides is 1. The van der Waals surface area contributed by atoms with Crippen molar-refractivity contribution in [3.05, 3.63) is 58.6 Å². The van der Waals surface area contributed by atoms with E-state index in [-0.39, 0.29) is 11.9 Å². The normalized spacial score (nSPS) is 11.5. The highest BCUT2D eigenvalue weighted by molar-refractivity contribution is 9.10. The second kappa shape index (κ2) is 8.49. The molecular weight excluding hydrogens is 374 g/mol. The molecule has 0 spiro atoms. The molecule has 1 unspecified atom stereocenters. The van der Waals surface area contributed by atoms with E-state index < -0.39 is 6.10 Å². The van der Waals surface area contributed by atoms with Gasteiger partial charge in [-0.3, -0.25) is 4.79 Å². The summed E-state index contributed by atoms with van der Waals surface area (Å²) in [5.74, 6) is -0.0531. The van der Waals surface area contributed by atoms with E-state index in [0.29, 0.717) is 23.6 Å². The molecule has 0 fully saturated rings. The summed E-state index contributed by atoms with van der Waals surface area (Å²) >= 11 is 3.34. The molecule has 0 radical (unpaired) electrons. The lowest BCUT2D eigenvalue weighted by Crippen LogP contribution is -2.30. The Morgan fingerprint density at radius 2 is 1.71 bits per heavy atom. The Hall–Kier alpha value is -2.34. The van der Waals surface area contributed by atoms with Crippen molar-refractivity contribution in [2.45, 2.75) is 20.0 Å². The van der Waals surface area contributed by atoms with Crippen LogP contribution in [0.25, 0.3) is 0 Å². The second-order valence-electron chi connectivity index (χ2n) is 5.00. The van der Waals surface area contributed by atoms with Gasteiger partial charge in [0.2, 0.25) is 0 Å². The molecule has 5 nitrogen and oxygen atoms in total. The van der Waals surface area contributed by atoms with Crippen molar-refractivity contribution in [3.63, 3.8) is 0 Å². The largest absolute Gasteiger partial charge is 0.481 e. The van der Waals surface area contributed by atoms with Crippen LogP contribution in [0.15, 0.2) is 53.0 Å². The van der Waals surface area contributed by atoms with Gasteiger partial charge in [0, 0.05) is 10.2 Å². The van der Waals surface area contributed by atoms with Gasteiger partial charge in [0.25, 0.3) is 5.91 Å². The lowest BCUT2D eigenvalue weighted by Gasteiger charge is -2.15. The Labute approximate surface area is 149 Å². The van der Waals surface area contributed by atoms with Crippen LogP contribution in [0.3, 0.4) is 0 Å². The predicted octanol–water partition coefficient (Wildman–Crippen LogP) is 4.03. The van der Waals surface area contributed by atoms with Crippen molar-refractivity contribution in [1.82, 2.24) is 0 Å². The van der Waals surface area contributed by atoms with Crippen LogP contribution >= 0.6 is 15.9 Å². The number of benzene rings is 2. The number of halogens is 1. The van der Waals surface area contributed by atoms with Crippen molar-refractivity contribution in [2.24, 2.45) is 0 Å². The van der Waals surface area contributed by atoms with Crippen LogP contribution in [-0.4, -0.2) is 24.6 Å². The molecular formula is C18H18BrNO4. The van der Waals surface area contributed by atoms with Crippen molar-refractivity contribution in [3.8, 4) is 5.75 Å². The van der Waals surface area contributed by atoms with E-state index in [2.05, 4.69) is 21.2 Å². The Morgan fingerprint density at radius 1 is 1.08 bits per heavy atom. The lowest BCUT2D eigenvalue weighted by atomic mass is 10.2. The average molecular weight is 392 g/mol. The summed E-state index contributed by atoms with van der Waals surface area (Å²) in [5, 5.41) is 2.75. The zero-order valence-corrected chi connectivity index (χ0v) is 15.0. The van der Waals surface area contributed by atoms with Crippen molar-refractivity contribution in [1.29, 1.82) is 0 Å². The van der Waals surface area contributed by atoms with Crippen LogP contribution in [0.1, 0.15) is 24.2 Å². The minimum atomic E-state index is -0.657. The molecule has 2 rings (SSSR count). The summed E-state index contributed by atoms with van der Waals surface area (Å²) in [6, 6.07) is 13.8. The van der Waals surface area contributed by atoms with Gasteiger partial charge in [-0.15, -0.1) is 0 Å². The minimum Gasteiger partial charge on any atom is -0.481 e. The standard InChI is InChI=1S/C18H18BrNO4/c1-3-23-18(22)13-4-8-15(9-5-13)20-17(21)12(2)24-16-10-6-14(19)7-11-16/h4-12H,3H2,1-2H3,(H,20,21). The third-order valence-electron chi connectivity index (χ3n) is 3.16. The Bertz CT molecular complexity index is 698. The number of carbonyl (C=O) groups excluding carboxylic acids is 2. The van der Waals surface area contributed by atoms with E-state index in [9.17, 15) is 9.59 Å². The SMILES string of the molecule is CCOC(=O)c1ccc(NC(=O)C(C)Oc2ccc(Br)cc2)cc1. The van der Waals surface area contributed by atoms with Crippen LogP contribution in [0, 0.1) is 0 Å². The molecule has 0 saturated heterocycles. The number of esters is 1. The van der Waals surface area contributed by atoms with Crippen LogP contribution < -0.4 is 10.1 Å². The highest BCUT2D eigenvalue weighted by atomic mass is 79.9. The fraction of sp³-hybridized carbons (Fsp3) is 0.222. The molecule has 2 aromatic carbocycles. The average Bonchev–Trinajstić information content (AvgIpc) is 2.57. The first kappa shape index (κ1) is 18.0. The van der Waals surface area contributed by atoms with Crippen molar-refractivity contribution in [2.75, 3.05) is 11.9 Å². The molecule has 1 amide bonds. The van der Waals surface area contributed by atoms with E-state index in [1.807, 2.05) is 12.1 Å². The molecule has 2 aromatic rings. The zero-order valence-electron chi connectivity index (χ0n) is 13.4. The zero-order chi connectivity index (χ0) is 17.5. The first-order valence-electron chi connectivity index (χ1n) is 7.50. The van der Waals surface area contributed by atoms with Crippen LogP contribution in [0.2, 0.25) is 0 Å². The van der Waals surface area contributed by atoms with Gasteiger partial charge in [0.1, 0.15) is 5.75 Å². The van der Waals surface area contributed by atoms with Gasteiger partial charge in [-0.2, -0.15) is 0 Å². The third kappa shape index (κ3) is 5.09. The van der Waals surface area contributed by atoms with Gasteiger partial charge >= 0.3 is 5.97 Å². The summed E-state index contributed by atoms with van der Waals surface area (Å²) in [7, 11) is 0. The first-order chi connectivity index (χ1) is 11.5. The van der Waals surface area contributed by atoms with E-state index in [4.69, 9.17) is 9.47 Å². The molecule has 0 heterocycles. The number of hydrogen-bond donors (Lipinski definition) is 1. The highest BCUT2D eigenvalue weighted by Gasteiger charge is 2.15. The lowest BCUT2D eigenvalue weighted by molar-refractivity contribution is -0.122. The number of hydrogen-bond acceptors (Lipinski definition) is 4. The number of ether oxygens (including phenoxy) is 2. The molecule has 24 heavy (non-hydrogen) atoms. The van der Waals surface area contributed by atoms with E-state index >= 15 is 0 Å². The third-order valence-corrected chi connectivity index (χ3v) is 3.69. The van der Waals surface area contributed by atoms with E-state index in [0.717, 1.165) is 4.47 Å². The maximum Gasteiger partial charge on any atom is 0.338 e. The van der Waals surface area contributed by atoms with Gasteiger partial charge in [-0.1, -0.05) is 15.9 Å². The van der Waals surface area contributed by atoms with Crippen molar-refractivity contribution >= 4 is 33.5 Å². The Kier molecular flexibility index (Phi) is 6.37. The van der Waals surface area contributed by atoms with E-state index in [1.54, 1.807) is 50.2 Å². The highest BCUT2D eigenvalue weighted by Crippen LogP contribution is 2.18. The molecule has 126 valence electrons. The van der Waals surface area contributed by atoms with Gasteiger partial charge < -0.3 is 14.8 Å². The summed E-state index contributed by atoms with van der Waals surface area (Å²) in [5.41, 5.74) is 1.02. The summed E-state index contributed by atoms with van der Waals surface area (Å²) < 4.78 is 11.4. The summed E-state index contributed by atoms with van der Waals surface area (Å²) in [6.45, 7) is 3.74. The Morgan fingerprint density at radius 3 is 2.29 bits per heavy atom. The number of anilines is 1. The number of rotatable bonds is 6. The fourth-order valence-corrected chi connectivity index (χ4v) is 2.18. The van der Waals surface area contributed by atoms with Gasteiger partial charge in [0.05, 0.1) is 12.2 Å². The monoisotopic (exact) mass is 391 g/mol.